The zero-order chi connectivity index (χ0) is 23.4. The van der Waals surface area contributed by atoms with Gasteiger partial charge < -0.3 is 9.72 Å². The summed E-state index contributed by atoms with van der Waals surface area (Å²) in [5.41, 5.74) is 4.49. The van der Waals surface area contributed by atoms with Gasteiger partial charge in [-0.15, -0.1) is 0 Å². The molecule has 2 aromatic carbocycles. The van der Waals surface area contributed by atoms with E-state index >= 15 is 0 Å². The van der Waals surface area contributed by atoms with Crippen LogP contribution in [0.4, 0.5) is 0 Å². The third kappa shape index (κ3) is 5.34. The van der Waals surface area contributed by atoms with Crippen molar-refractivity contribution in [3.63, 3.8) is 0 Å². The number of carbonyl (C=O) groups excluding carboxylic acids is 1. The van der Waals surface area contributed by atoms with Crippen molar-refractivity contribution in [2.24, 2.45) is 5.10 Å². The first-order valence-electron chi connectivity index (χ1n) is 10.8. The first-order valence-corrected chi connectivity index (χ1v) is 11.8. The van der Waals surface area contributed by atoms with Gasteiger partial charge in [0.1, 0.15) is 5.75 Å². The number of ether oxygens (including phenoxy) is 1. The molecule has 0 fully saturated rings. The molecule has 4 rings (SSSR count). The van der Waals surface area contributed by atoms with E-state index in [1.807, 2.05) is 62.4 Å². The van der Waals surface area contributed by atoms with Crippen molar-refractivity contribution in [3.8, 4) is 5.75 Å². The van der Waals surface area contributed by atoms with E-state index < -0.39 is 0 Å². The number of amides is 1. The number of hydrogen-bond acceptors (Lipinski definition) is 6. The number of nitrogens with zero attached hydrogens (tertiary/aromatic N) is 3. The minimum absolute atomic E-state index is 0.123. The molecule has 8 heteroatoms. The summed E-state index contributed by atoms with van der Waals surface area (Å²) in [6.45, 7) is 3.97. The van der Waals surface area contributed by atoms with Gasteiger partial charge in [-0.1, -0.05) is 48.5 Å². The molecular formula is C25H26N4O3S. The number of nitrogens with one attached hydrogen (secondary N) is 1. The minimum atomic E-state index is -0.213. The monoisotopic (exact) mass is 462 g/mol. The van der Waals surface area contributed by atoms with E-state index in [0.717, 1.165) is 28.2 Å². The molecule has 1 unspecified atom stereocenters. The van der Waals surface area contributed by atoms with Gasteiger partial charge in [0.2, 0.25) is 0 Å². The van der Waals surface area contributed by atoms with Crippen LogP contribution in [0.1, 0.15) is 41.8 Å². The van der Waals surface area contributed by atoms with Gasteiger partial charge in [0.15, 0.2) is 5.16 Å². The van der Waals surface area contributed by atoms with Crippen molar-refractivity contribution >= 4 is 23.4 Å². The van der Waals surface area contributed by atoms with Crippen molar-refractivity contribution in [2.45, 2.75) is 37.9 Å². The summed E-state index contributed by atoms with van der Waals surface area (Å²) < 4.78 is 5.25. The smallest absolute Gasteiger partial charge is 0.253 e. The van der Waals surface area contributed by atoms with Gasteiger partial charge >= 0.3 is 0 Å². The van der Waals surface area contributed by atoms with E-state index in [1.54, 1.807) is 12.1 Å². The average Bonchev–Trinajstić information content (AvgIpc) is 3.28. The maximum absolute atomic E-state index is 13.2. The Morgan fingerprint density at radius 1 is 1.18 bits per heavy atom. The molecule has 1 amide bonds. The molecule has 0 radical (unpaired) electrons. The molecular weight excluding hydrogens is 436 g/mol. The largest absolute Gasteiger partial charge is 0.497 e. The Balaban J connectivity index is 1.58. The number of hydrazone groups is 1. The van der Waals surface area contributed by atoms with E-state index in [0.29, 0.717) is 23.7 Å². The van der Waals surface area contributed by atoms with Crippen LogP contribution in [0.5, 0.6) is 5.75 Å². The van der Waals surface area contributed by atoms with Crippen molar-refractivity contribution in [1.29, 1.82) is 0 Å². The first-order chi connectivity index (χ1) is 16.0. The quantitative estimate of drug-likeness (QED) is 0.422. The lowest BCUT2D eigenvalue weighted by molar-refractivity contribution is -0.130. The Labute approximate surface area is 196 Å². The van der Waals surface area contributed by atoms with Crippen LogP contribution in [0.15, 0.2) is 69.6 Å². The molecule has 33 heavy (non-hydrogen) atoms. The summed E-state index contributed by atoms with van der Waals surface area (Å²) in [7, 11) is 1.63. The molecule has 3 aromatic rings. The number of hydrogen-bond donors (Lipinski definition) is 1. The number of rotatable bonds is 7. The predicted molar refractivity (Wildman–Crippen MR) is 130 cm³/mol. The Hall–Kier alpha value is -3.39. The topological polar surface area (TPSA) is 87.7 Å². The lowest BCUT2D eigenvalue weighted by Crippen LogP contribution is -2.28. The summed E-state index contributed by atoms with van der Waals surface area (Å²) in [5.74, 6) is 0.754. The van der Waals surface area contributed by atoms with Crippen LogP contribution in [-0.4, -0.2) is 39.5 Å². The van der Waals surface area contributed by atoms with Crippen LogP contribution in [0.25, 0.3) is 0 Å². The summed E-state index contributed by atoms with van der Waals surface area (Å²) in [5, 5.41) is 6.72. The molecule has 1 aliphatic rings. The zero-order valence-corrected chi connectivity index (χ0v) is 19.7. The molecule has 1 N–H and O–H groups in total. The predicted octanol–water partition coefficient (Wildman–Crippen LogP) is 4.12. The van der Waals surface area contributed by atoms with Crippen LogP contribution in [0.2, 0.25) is 0 Å². The Morgan fingerprint density at radius 3 is 2.58 bits per heavy atom. The number of aromatic amines is 1. The maximum Gasteiger partial charge on any atom is 0.253 e. The fourth-order valence-electron chi connectivity index (χ4n) is 3.68. The van der Waals surface area contributed by atoms with Gasteiger partial charge in [-0.2, -0.15) is 5.10 Å². The minimum Gasteiger partial charge on any atom is -0.497 e. The summed E-state index contributed by atoms with van der Waals surface area (Å²) >= 11 is 1.22. The molecule has 0 saturated carbocycles. The molecule has 2 heterocycles. The normalized spacial score (nSPS) is 15.4. The van der Waals surface area contributed by atoms with E-state index in [-0.39, 0.29) is 23.3 Å². The highest BCUT2D eigenvalue weighted by Gasteiger charge is 2.33. The molecule has 7 nitrogen and oxygen atoms in total. The number of methoxy groups -OCH3 is 1. The van der Waals surface area contributed by atoms with Gasteiger partial charge in [-0.05, 0) is 48.7 Å². The molecule has 1 atom stereocenters. The van der Waals surface area contributed by atoms with Gasteiger partial charge in [-0.25, -0.2) is 9.99 Å². The fourth-order valence-corrected chi connectivity index (χ4v) is 4.42. The first kappa shape index (κ1) is 22.8. The standard InChI is InChI=1S/C25H26N4O3S/c1-4-19-13-23(30)27-25(26-19)33-15-24(31)29-22(18-7-5-16(2)6-8-18)14-21(28-29)17-9-11-20(32-3)12-10-17/h5-13,22H,4,14-15H2,1-3H3,(H,26,27,30). The van der Waals surface area contributed by atoms with E-state index in [9.17, 15) is 9.59 Å². The number of aromatic nitrogens is 2. The molecule has 0 saturated heterocycles. The number of carbonyl (C=O) groups is 1. The van der Waals surface area contributed by atoms with Crippen molar-refractivity contribution < 1.29 is 9.53 Å². The molecule has 170 valence electrons. The summed E-state index contributed by atoms with van der Waals surface area (Å²) in [6.07, 6.45) is 1.27. The second kappa shape index (κ2) is 10.0. The number of H-pyrrole nitrogens is 1. The Morgan fingerprint density at radius 2 is 1.91 bits per heavy atom. The molecule has 1 aromatic heterocycles. The number of thioether (sulfide) groups is 1. The molecule has 0 spiro atoms. The summed E-state index contributed by atoms with van der Waals surface area (Å²) in [6, 6.07) is 17.2. The van der Waals surface area contributed by atoms with Crippen molar-refractivity contribution in [3.05, 3.63) is 87.3 Å². The highest BCUT2D eigenvalue weighted by molar-refractivity contribution is 7.99. The SMILES string of the molecule is CCc1cc(=O)[nH]c(SCC(=O)N2N=C(c3ccc(OC)cc3)CC2c2ccc(C)cc2)n1. The van der Waals surface area contributed by atoms with Crippen LogP contribution in [-0.2, 0) is 11.2 Å². The Kier molecular flexibility index (Phi) is 6.93. The molecule has 1 aliphatic heterocycles. The van der Waals surface area contributed by atoms with E-state index in [4.69, 9.17) is 9.84 Å². The molecule has 0 aliphatic carbocycles. The molecule has 0 bridgehead atoms. The Bertz CT molecular complexity index is 1220. The van der Waals surface area contributed by atoms with Crippen LogP contribution in [0.3, 0.4) is 0 Å². The number of benzene rings is 2. The highest BCUT2D eigenvalue weighted by Crippen LogP contribution is 2.34. The van der Waals surface area contributed by atoms with Crippen LogP contribution in [0, 0.1) is 6.92 Å². The summed E-state index contributed by atoms with van der Waals surface area (Å²) in [4.78, 5) is 32.2. The average molecular weight is 463 g/mol. The van der Waals surface area contributed by atoms with E-state index in [2.05, 4.69) is 9.97 Å². The maximum atomic E-state index is 13.2. The van der Waals surface area contributed by atoms with Crippen LogP contribution >= 0.6 is 11.8 Å². The lowest BCUT2D eigenvalue weighted by atomic mass is 9.97. The fraction of sp³-hybridized carbons (Fsp3) is 0.280. The van der Waals surface area contributed by atoms with Gasteiger partial charge in [0, 0.05) is 18.2 Å². The highest BCUT2D eigenvalue weighted by atomic mass is 32.2. The number of aryl methyl sites for hydroxylation is 2. The third-order valence-electron chi connectivity index (χ3n) is 5.52. The van der Waals surface area contributed by atoms with Gasteiger partial charge in [0.05, 0.1) is 24.6 Å². The third-order valence-corrected chi connectivity index (χ3v) is 6.38. The van der Waals surface area contributed by atoms with Crippen molar-refractivity contribution in [2.75, 3.05) is 12.9 Å². The van der Waals surface area contributed by atoms with Crippen LogP contribution < -0.4 is 10.3 Å². The van der Waals surface area contributed by atoms with Gasteiger partial charge in [-0.3, -0.25) is 9.59 Å². The van der Waals surface area contributed by atoms with Gasteiger partial charge in [0.25, 0.3) is 11.5 Å². The van der Waals surface area contributed by atoms with E-state index in [1.165, 1.54) is 17.8 Å². The second-order valence-electron chi connectivity index (χ2n) is 7.83. The lowest BCUT2D eigenvalue weighted by Gasteiger charge is -2.22. The second-order valence-corrected chi connectivity index (χ2v) is 8.79. The zero-order valence-electron chi connectivity index (χ0n) is 18.9. The van der Waals surface area contributed by atoms with Crippen molar-refractivity contribution in [1.82, 2.24) is 15.0 Å².